The minimum Gasteiger partial charge on any atom is -0.369 e. The third kappa shape index (κ3) is 3.99. The Hall–Kier alpha value is -2.09. The fraction of sp³-hybridized carbons (Fsp3) is 0.381. The highest BCUT2D eigenvalue weighted by molar-refractivity contribution is 7.89. The quantitative estimate of drug-likeness (QED) is 0.746. The number of halogens is 1. The zero-order valence-electron chi connectivity index (χ0n) is 16.3. The van der Waals surface area contributed by atoms with Crippen LogP contribution in [0.15, 0.2) is 47.4 Å². The maximum atomic E-state index is 13.2. The first-order chi connectivity index (χ1) is 13.9. The lowest BCUT2D eigenvalue weighted by molar-refractivity contribution is -0.116. The van der Waals surface area contributed by atoms with Crippen LogP contribution in [0.1, 0.15) is 18.9 Å². The minimum atomic E-state index is -3.57. The number of carbonyl (C=O) groups is 1. The number of amides is 1. The highest BCUT2D eigenvalue weighted by Gasteiger charge is 2.30. The van der Waals surface area contributed by atoms with E-state index < -0.39 is 10.0 Å². The van der Waals surface area contributed by atoms with Crippen molar-refractivity contribution in [2.24, 2.45) is 0 Å². The molecule has 0 spiro atoms. The number of hydrogen-bond donors (Lipinski definition) is 0. The molecule has 1 amide bonds. The summed E-state index contributed by atoms with van der Waals surface area (Å²) in [5, 5.41) is 0.672. The highest BCUT2D eigenvalue weighted by Crippen LogP contribution is 2.31. The van der Waals surface area contributed by atoms with Crippen molar-refractivity contribution in [2.75, 3.05) is 42.5 Å². The van der Waals surface area contributed by atoms with E-state index in [9.17, 15) is 13.2 Å². The molecule has 6 nitrogen and oxygen atoms in total. The van der Waals surface area contributed by atoms with Crippen LogP contribution in [0.2, 0.25) is 5.02 Å². The molecule has 2 aromatic carbocycles. The fourth-order valence-corrected chi connectivity index (χ4v) is 5.73. The van der Waals surface area contributed by atoms with Crippen LogP contribution in [0.4, 0.5) is 11.4 Å². The van der Waals surface area contributed by atoms with E-state index in [0.29, 0.717) is 42.6 Å². The fourth-order valence-electron chi connectivity index (χ4n) is 4.07. The topological polar surface area (TPSA) is 60.9 Å². The molecule has 0 radical (unpaired) electrons. The molecule has 8 heteroatoms. The average molecular weight is 434 g/mol. The predicted octanol–water partition coefficient (Wildman–Crippen LogP) is 3.15. The van der Waals surface area contributed by atoms with Gasteiger partial charge in [-0.15, -0.1) is 0 Å². The van der Waals surface area contributed by atoms with Gasteiger partial charge in [0.2, 0.25) is 15.9 Å². The van der Waals surface area contributed by atoms with E-state index in [1.165, 1.54) is 0 Å². The van der Waals surface area contributed by atoms with E-state index >= 15 is 0 Å². The van der Waals surface area contributed by atoms with Crippen LogP contribution in [0, 0.1) is 0 Å². The molecule has 2 heterocycles. The Morgan fingerprint density at radius 2 is 1.76 bits per heavy atom. The number of hydrogen-bond acceptors (Lipinski definition) is 4. The lowest BCUT2D eigenvalue weighted by atomic mass is 10.0. The predicted molar refractivity (Wildman–Crippen MR) is 115 cm³/mol. The number of rotatable bonds is 3. The Labute approximate surface area is 176 Å². The Bertz CT molecular complexity index is 1030. The number of anilines is 2. The molecule has 2 aliphatic heterocycles. The van der Waals surface area contributed by atoms with E-state index in [1.807, 2.05) is 24.3 Å². The Morgan fingerprint density at radius 1 is 1.00 bits per heavy atom. The molecule has 29 heavy (non-hydrogen) atoms. The van der Waals surface area contributed by atoms with E-state index in [-0.39, 0.29) is 5.91 Å². The van der Waals surface area contributed by atoms with Crippen LogP contribution in [0.3, 0.4) is 0 Å². The van der Waals surface area contributed by atoms with E-state index in [1.54, 1.807) is 34.3 Å². The van der Waals surface area contributed by atoms with Gasteiger partial charge in [-0.2, -0.15) is 4.31 Å². The summed E-state index contributed by atoms with van der Waals surface area (Å²) in [7, 11) is -3.57. The van der Waals surface area contributed by atoms with Crippen molar-refractivity contribution in [3.05, 3.63) is 53.1 Å². The molecule has 0 atom stereocenters. The summed E-state index contributed by atoms with van der Waals surface area (Å²) in [6.07, 6.45) is 1.62. The number of aryl methyl sites for hydroxylation is 1. The van der Waals surface area contributed by atoms with Crippen LogP contribution in [0.25, 0.3) is 0 Å². The summed E-state index contributed by atoms with van der Waals surface area (Å²) in [6, 6.07) is 12.7. The lowest BCUT2D eigenvalue weighted by Gasteiger charge is -2.35. The maximum Gasteiger partial charge on any atom is 0.243 e. The van der Waals surface area contributed by atoms with Gasteiger partial charge in [0.15, 0.2) is 0 Å². The van der Waals surface area contributed by atoms with Crippen molar-refractivity contribution in [3.8, 4) is 0 Å². The van der Waals surface area contributed by atoms with Gasteiger partial charge in [-0.3, -0.25) is 4.79 Å². The van der Waals surface area contributed by atoms with Crippen LogP contribution in [-0.2, 0) is 21.2 Å². The van der Waals surface area contributed by atoms with Gasteiger partial charge in [-0.25, -0.2) is 8.42 Å². The van der Waals surface area contributed by atoms with E-state index in [2.05, 4.69) is 4.90 Å². The second kappa shape index (κ2) is 7.97. The summed E-state index contributed by atoms with van der Waals surface area (Å²) < 4.78 is 27.9. The van der Waals surface area contributed by atoms with Crippen molar-refractivity contribution < 1.29 is 13.2 Å². The van der Waals surface area contributed by atoms with Crippen molar-refractivity contribution in [2.45, 2.75) is 24.7 Å². The van der Waals surface area contributed by atoms with Crippen molar-refractivity contribution in [1.29, 1.82) is 0 Å². The molecule has 2 aromatic rings. The molecule has 0 N–H and O–H groups in total. The molecule has 2 aliphatic rings. The van der Waals surface area contributed by atoms with E-state index in [0.717, 1.165) is 29.8 Å². The summed E-state index contributed by atoms with van der Waals surface area (Å²) in [4.78, 5) is 16.0. The molecule has 0 saturated carbocycles. The van der Waals surface area contributed by atoms with Crippen molar-refractivity contribution in [1.82, 2.24) is 4.31 Å². The molecular weight excluding hydrogens is 410 g/mol. The third-order valence-electron chi connectivity index (χ3n) is 5.60. The van der Waals surface area contributed by atoms with Crippen LogP contribution < -0.4 is 9.80 Å². The number of carbonyl (C=O) groups excluding carboxylic acids is 1. The first-order valence-electron chi connectivity index (χ1n) is 9.78. The number of fused-ring (bicyclic) bond motifs is 1. The number of benzene rings is 2. The van der Waals surface area contributed by atoms with Crippen LogP contribution in [-0.4, -0.2) is 51.4 Å². The monoisotopic (exact) mass is 433 g/mol. The number of piperazine rings is 1. The zero-order valence-corrected chi connectivity index (χ0v) is 17.9. The maximum absolute atomic E-state index is 13.2. The van der Waals surface area contributed by atoms with Gasteiger partial charge in [0.1, 0.15) is 0 Å². The van der Waals surface area contributed by atoms with Gasteiger partial charge in [0, 0.05) is 56.0 Å². The Morgan fingerprint density at radius 3 is 2.45 bits per heavy atom. The first kappa shape index (κ1) is 20.2. The molecular formula is C21H24ClN3O3S. The third-order valence-corrected chi connectivity index (χ3v) is 7.73. The first-order valence-corrected chi connectivity index (χ1v) is 11.6. The van der Waals surface area contributed by atoms with Gasteiger partial charge >= 0.3 is 0 Å². The zero-order chi connectivity index (χ0) is 20.6. The van der Waals surface area contributed by atoms with Gasteiger partial charge < -0.3 is 9.80 Å². The van der Waals surface area contributed by atoms with Crippen molar-refractivity contribution in [3.63, 3.8) is 0 Å². The van der Waals surface area contributed by atoms with Gasteiger partial charge in [0.05, 0.1) is 4.90 Å². The summed E-state index contributed by atoms with van der Waals surface area (Å²) in [5.74, 6) is -0.0151. The van der Waals surface area contributed by atoms with Gasteiger partial charge in [-0.05, 0) is 54.8 Å². The molecule has 4 rings (SSSR count). The molecule has 0 bridgehead atoms. The average Bonchev–Trinajstić information content (AvgIpc) is 2.73. The highest BCUT2D eigenvalue weighted by atomic mass is 35.5. The standard InChI is InChI=1S/C21H24ClN3O3S/c1-16(26)25-9-3-4-17-14-20(7-8-21(17)25)29(27,28)24-12-10-23(11-13-24)19-6-2-5-18(22)15-19/h2,5-8,14-15H,3-4,9-13H2,1H3. The smallest absolute Gasteiger partial charge is 0.243 e. The second-order valence-electron chi connectivity index (χ2n) is 7.44. The molecule has 1 saturated heterocycles. The van der Waals surface area contributed by atoms with Crippen LogP contribution >= 0.6 is 11.6 Å². The minimum absolute atomic E-state index is 0.0151. The summed E-state index contributed by atoms with van der Waals surface area (Å²) in [5.41, 5.74) is 2.76. The van der Waals surface area contributed by atoms with Crippen LogP contribution in [0.5, 0.6) is 0 Å². The summed E-state index contributed by atoms with van der Waals surface area (Å²) in [6.45, 7) is 4.29. The molecule has 1 fully saturated rings. The largest absolute Gasteiger partial charge is 0.369 e. The van der Waals surface area contributed by atoms with E-state index in [4.69, 9.17) is 11.6 Å². The molecule has 154 valence electrons. The lowest BCUT2D eigenvalue weighted by Crippen LogP contribution is -2.48. The molecule has 0 aliphatic carbocycles. The number of nitrogens with zero attached hydrogens (tertiary/aromatic N) is 3. The van der Waals surface area contributed by atoms with Crippen molar-refractivity contribution >= 4 is 38.9 Å². The molecule has 0 aromatic heterocycles. The normalized spacial score (nSPS) is 17.9. The summed E-state index contributed by atoms with van der Waals surface area (Å²) >= 11 is 6.08. The number of sulfonamides is 1. The molecule has 0 unspecified atom stereocenters. The Kier molecular flexibility index (Phi) is 5.55. The SMILES string of the molecule is CC(=O)N1CCCc2cc(S(=O)(=O)N3CCN(c4cccc(Cl)c4)CC3)ccc21. The van der Waals surface area contributed by atoms with Gasteiger partial charge in [-0.1, -0.05) is 17.7 Å². The second-order valence-corrected chi connectivity index (χ2v) is 9.81. The van der Waals surface area contributed by atoms with Gasteiger partial charge in [0.25, 0.3) is 0 Å². The Balaban J connectivity index is 1.52.